The summed E-state index contributed by atoms with van der Waals surface area (Å²) in [6, 6.07) is 3.47. The molecule has 1 unspecified atom stereocenters. The topological polar surface area (TPSA) is 112 Å². The monoisotopic (exact) mass is 424 g/mol. The number of nitrogens with one attached hydrogen (secondary N) is 1. The maximum atomic E-state index is 13.0. The number of ether oxygens (including phenoxy) is 1. The standard InChI is InChI=1S/C19H17ClN8O2/c1-10-6-14-21-9-12-15(30-19(2,3)16(12)27(14)26-10)18(29)25-11-7-13(20)17(22-8-11)28-23-4-5-24-28/h4-9,15H,1-3H3,(H,25,29). The number of pyridine rings is 1. The first-order chi connectivity index (χ1) is 14.3. The van der Waals surface area contributed by atoms with Crippen LogP contribution in [-0.4, -0.2) is 40.5 Å². The molecule has 5 rings (SSSR count). The fraction of sp³-hybridized carbons (Fsp3) is 0.263. The van der Waals surface area contributed by atoms with Gasteiger partial charge < -0.3 is 10.1 Å². The summed E-state index contributed by atoms with van der Waals surface area (Å²) >= 11 is 6.29. The Morgan fingerprint density at radius 3 is 2.70 bits per heavy atom. The molecule has 0 bridgehead atoms. The molecule has 0 saturated carbocycles. The first kappa shape index (κ1) is 18.6. The van der Waals surface area contributed by atoms with Gasteiger partial charge in [0, 0.05) is 17.8 Å². The molecule has 1 atom stereocenters. The molecule has 1 N–H and O–H groups in total. The summed E-state index contributed by atoms with van der Waals surface area (Å²) in [7, 11) is 0. The number of hydrogen-bond donors (Lipinski definition) is 1. The second-order valence-electron chi connectivity index (χ2n) is 7.46. The van der Waals surface area contributed by atoms with Crippen LogP contribution in [-0.2, 0) is 15.1 Å². The second-order valence-corrected chi connectivity index (χ2v) is 7.87. The minimum absolute atomic E-state index is 0.299. The van der Waals surface area contributed by atoms with Crippen LogP contribution in [0, 0.1) is 6.92 Å². The SMILES string of the molecule is Cc1cc2ncc3c(n2n1)C(C)(C)OC3C(=O)Nc1cnc(-n2nccn2)c(Cl)c1. The predicted octanol–water partition coefficient (Wildman–Crippen LogP) is 2.61. The Labute approximate surface area is 175 Å². The molecule has 0 aromatic carbocycles. The van der Waals surface area contributed by atoms with Crippen LogP contribution in [0.25, 0.3) is 11.5 Å². The molecular formula is C19H17ClN8O2. The third kappa shape index (κ3) is 2.92. The van der Waals surface area contributed by atoms with Crippen LogP contribution >= 0.6 is 11.6 Å². The Morgan fingerprint density at radius 2 is 1.97 bits per heavy atom. The molecule has 0 saturated heterocycles. The number of anilines is 1. The lowest BCUT2D eigenvalue weighted by atomic mass is 10.0. The van der Waals surface area contributed by atoms with Crippen LogP contribution < -0.4 is 5.32 Å². The van der Waals surface area contributed by atoms with Crippen LogP contribution in [0.3, 0.4) is 0 Å². The van der Waals surface area contributed by atoms with E-state index in [0.29, 0.717) is 27.7 Å². The molecule has 4 aromatic rings. The van der Waals surface area contributed by atoms with E-state index in [4.69, 9.17) is 16.3 Å². The van der Waals surface area contributed by atoms with Crippen molar-refractivity contribution in [1.29, 1.82) is 0 Å². The van der Waals surface area contributed by atoms with E-state index >= 15 is 0 Å². The summed E-state index contributed by atoms with van der Waals surface area (Å²) in [5.41, 5.74) is 2.74. The number of nitrogens with zero attached hydrogens (tertiary/aromatic N) is 7. The molecule has 4 aromatic heterocycles. The van der Waals surface area contributed by atoms with Gasteiger partial charge in [-0.25, -0.2) is 14.5 Å². The Kier molecular flexibility index (Phi) is 4.09. The summed E-state index contributed by atoms with van der Waals surface area (Å²) in [5, 5.41) is 15.6. The van der Waals surface area contributed by atoms with Crippen LogP contribution in [0.1, 0.15) is 36.9 Å². The Hall–Kier alpha value is -3.37. The first-order valence-electron chi connectivity index (χ1n) is 9.20. The van der Waals surface area contributed by atoms with Crippen LogP contribution in [0.5, 0.6) is 0 Å². The summed E-state index contributed by atoms with van der Waals surface area (Å²) in [6.07, 6.45) is 5.36. The summed E-state index contributed by atoms with van der Waals surface area (Å²) < 4.78 is 7.83. The minimum atomic E-state index is -0.845. The van der Waals surface area contributed by atoms with E-state index in [1.165, 1.54) is 23.4 Å². The molecule has 0 spiro atoms. The van der Waals surface area contributed by atoms with Crippen molar-refractivity contribution in [1.82, 2.24) is 34.6 Å². The van der Waals surface area contributed by atoms with Crippen molar-refractivity contribution in [2.24, 2.45) is 0 Å². The molecule has 1 aliphatic heterocycles. The number of carbonyl (C=O) groups is 1. The fourth-order valence-corrected chi connectivity index (χ4v) is 3.89. The van der Waals surface area contributed by atoms with Crippen LogP contribution in [0.4, 0.5) is 5.69 Å². The van der Waals surface area contributed by atoms with Gasteiger partial charge in [-0.2, -0.15) is 15.3 Å². The maximum absolute atomic E-state index is 13.0. The van der Waals surface area contributed by atoms with Gasteiger partial charge in [-0.3, -0.25) is 4.79 Å². The van der Waals surface area contributed by atoms with Gasteiger partial charge in [0.1, 0.15) is 5.60 Å². The molecule has 5 heterocycles. The molecule has 1 aliphatic rings. The molecule has 0 radical (unpaired) electrons. The van der Waals surface area contributed by atoms with Gasteiger partial charge in [-0.15, -0.1) is 4.80 Å². The molecule has 152 valence electrons. The number of carbonyl (C=O) groups excluding carboxylic acids is 1. The average molecular weight is 425 g/mol. The number of hydrogen-bond acceptors (Lipinski definition) is 7. The highest BCUT2D eigenvalue weighted by atomic mass is 35.5. The van der Waals surface area contributed by atoms with Crippen molar-refractivity contribution in [2.75, 3.05) is 5.32 Å². The largest absolute Gasteiger partial charge is 0.351 e. The zero-order valence-electron chi connectivity index (χ0n) is 16.4. The molecular weight excluding hydrogens is 408 g/mol. The normalized spacial score (nSPS) is 17.3. The molecule has 0 aliphatic carbocycles. The third-order valence-corrected chi connectivity index (χ3v) is 5.11. The summed E-state index contributed by atoms with van der Waals surface area (Å²) in [4.78, 5) is 23.0. The van der Waals surface area contributed by atoms with Gasteiger partial charge in [0.2, 0.25) is 0 Å². The minimum Gasteiger partial charge on any atom is -0.351 e. The van der Waals surface area contributed by atoms with Gasteiger partial charge >= 0.3 is 0 Å². The highest BCUT2D eigenvalue weighted by Gasteiger charge is 2.44. The highest BCUT2D eigenvalue weighted by molar-refractivity contribution is 6.32. The van der Waals surface area contributed by atoms with E-state index in [1.807, 2.05) is 26.8 Å². The summed E-state index contributed by atoms with van der Waals surface area (Å²) in [5.74, 6) is 0.0126. The second kappa shape index (κ2) is 6.57. The number of fused-ring (bicyclic) bond motifs is 3. The number of amides is 1. The highest BCUT2D eigenvalue weighted by Crippen LogP contribution is 2.43. The van der Waals surface area contributed by atoms with Crippen molar-refractivity contribution >= 4 is 28.8 Å². The predicted molar refractivity (Wildman–Crippen MR) is 107 cm³/mol. The zero-order valence-corrected chi connectivity index (χ0v) is 17.1. The first-order valence-corrected chi connectivity index (χ1v) is 9.58. The smallest absolute Gasteiger partial charge is 0.258 e. The number of halogens is 1. The van der Waals surface area contributed by atoms with Crippen molar-refractivity contribution in [2.45, 2.75) is 32.5 Å². The summed E-state index contributed by atoms with van der Waals surface area (Å²) in [6.45, 7) is 5.70. The van der Waals surface area contributed by atoms with Gasteiger partial charge in [-0.1, -0.05) is 11.6 Å². The number of aromatic nitrogens is 7. The maximum Gasteiger partial charge on any atom is 0.258 e. The number of aryl methyl sites for hydroxylation is 1. The lowest BCUT2D eigenvalue weighted by molar-refractivity contribution is -0.135. The molecule has 0 fully saturated rings. The zero-order chi connectivity index (χ0) is 21.0. The van der Waals surface area contributed by atoms with Gasteiger partial charge in [-0.05, 0) is 26.8 Å². The lowest BCUT2D eigenvalue weighted by Crippen LogP contribution is -2.24. The Bertz CT molecular complexity index is 1280. The Morgan fingerprint density at radius 1 is 1.20 bits per heavy atom. The number of rotatable bonds is 3. The van der Waals surface area contributed by atoms with Crippen molar-refractivity contribution < 1.29 is 9.53 Å². The van der Waals surface area contributed by atoms with E-state index in [0.717, 1.165) is 11.4 Å². The fourth-order valence-electron chi connectivity index (χ4n) is 3.64. The van der Waals surface area contributed by atoms with E-state index in [1.54, 1.807) is 16.8 Å². The Balaban J connectivity index is 1.46. The van der Waals surface area contributed by atoms with Crippen molar-refractivity contribution in [3.63, 3.8) is 0 Å². The third-order valence-electron chi connectivity index (χ3n) is 4.83. The van der Waals surface area contributed by atoms with E-state index in [9.17, 15) is 4.79 Å². The van der Waals surface area contributed by atoms with Crippen molar-refractivity contribution in [3.8, 4) is 5.82 Å². The van der Waals surface area contributed by atoms with Gasteiger partial charge in [0.05, 0.1) is 40.7 Å². The molecule has 30 heavy (non-hydrogen) atoms. The van der Waals surface area contributed by atoms with Crippen LogP contribution in [0.2, 0.25) is 5.02 Å². The molecule has 1 amide bonds. The van der Waals surface area contributed by atoms with E-state index in [2.05, 4.69) is 30.6 Å². The van der Waals surface area contributed by atoms with E-state index < -0.39 is 11.7 Å². The molecule has 10 nitrogen and oxygen atoms in total. The van der Waals surface area contributed by atoms with E-state index in [-0.39, 0.29) is 5.91 Å². The lowest BCUT2D eigenvalue weighted by Gasteiger charge is -2.20. The van der Waals surface area contributed by atoms with Gasteiger partial charge in [0.15, 0.2) is 17.6 Å². The molecule has 11 heteroatoms. The quantitative estimate of drug-likeness (QED) is 0.537. The van der Waals surface area contributed by atoms with Crippen molar-refractivity contribution in [3.05, 3.63) is 58.9 Å². The van der Waals surface area contributed by atoms with Crippen LogP contribution in [0.15, 0.2) is 36.9 Å². The van der Waals surface area contributed by atoms with Gasteiger partial charge in [0.25, 0.3) is 5.91 Å². The average Bonchev–Trinajstić information content (AvgIpc) is 3.39.